The molecule has 0 saturated carbocycles. The lowest BCUT2D eigenvalue weighted by Gasteiger charge is -1.93. The third-order valence-corrected chi connectivity index (χ3v) is 2.81. The van der Waals surface area contributed by atoms with Gasteiger partial charge in [-0.25, -0.2) is 13.6 Å². The van der Waals surface area contributed by atoms with Crippen LogP contribution in [-0.2, 0) is 10.0 Å². The van der Waals surface area contributed by atoms with E-state index in [0.29, 0.717) is 5.39 Å². The Bertz CT molecular complexity index is 542. The summed E-state index contributed by atoms with van der Waals surface area (Å²) in [6.45, 7) is 0. The molecule has 0 unspecified atom stereocenters. The molecular weight excluding hydrogens is 188 g/mol. The fourth-order valence-electron chi connectivity index (χ4n) is 1.28. The molecule has 0 aliphatic heterocycles. The van der Waals surface area contributed by atoms with Gasteiger partial charge < -0.3 is 4.98 Å². The molecule has 0 aliphatic carbocycles. The number of fused-ring (bicyclic) bond motifs is 1. The van der Waals surface area contributed by atoms with Gasteiger partial charge in [0.1, 0.15) is 4.90 Å². The minimum atomic E-state index is -3.62. The fourth-order valence-corrected chi connectivity index (χ4v) is 1.99. The molecule has 4 nitrogen and oxygen atoms in total. The molecule has 0 bridgehead atoms. The molecule has 68 valence electrons. The Morgan fingerprint density at radius 3 is 2.62 bits per heavy atom. The zero-order chi connectivity index (χ0) is 9.47. The lowest BCUT2D eigenvalue weighted by Crippen LogP contribution is -2.11. The molecular formula is C8H8N2O2S. The van der Waals surface area contributed by atoms with Crippen molar-refractivity contribution in [3.63, 3.8) is 0 Å². The molecule has 0 aliphatic rings. The topological polar surface area (TPSA) is 76.0 Å². The van der Waals surface area contributed by atoms with Gasteiger partial charge in [-0.15, -0.1) is 0 Å². The SMILES string of the molecule is NS(=O)(=O)c1c[nH]c2ccccc12. The summed E-state index contributed by atoms with van der Waals surface area (Å²) >= 11 is 0. The van der Waals surface area contributed by atoms with Crippen LogP contribution in [0.1, 0.15) is 0 Å². The number of H-pyrrole nitrogens is 1. The number of rotatable bonds is 1. The Kier molecular flexibility index (Phi) is 1.64. The number of nitrogens with two attached hydrogens (primary N) is 1. The highest BCUT2D eigenvalue weighted by molar-refractivity contribution is 7.89. The van der Waals surface area contributed by atoms with Crippen LogP contribution in [0.3, 0.4) is 0 Å². The number of hydrogen-bond donors (Lipinski definition) is 2. The van der Waals surface area contributed by atoms with Gasteiger partial charge in [-0.1, -0.05) is 18.2 Å². The third kappa shape index (κ3) is 1.32. The third-order valence-electron chi connectivity index (χ3n) is 1.86. The van der Waals surface area contributed by atoms with Crippen LogP contribution in [0, 0.1) is 0 Å². The zero-order valence-electron chi connectivity index (χ0n) is 6.69. The van der Waals surface area contributed by atoms with E-state index in [4.69, 9.17) is 5.14 Å². The molecule has 0 atom stereocenters. The average molecular weight is 196 g/mol. The van der Waals surface area contributed by atoms with Gasteiger partial charge in [-0.3, -0.25) is 0 Å². The van der Waals surface area contributed by atoms with Crippen molar-refractivity contribution in [3.05, 3.63) is 30.5 Å². The summed E-state index contributed by atoms with van der Waals surface area (Å²) in [5.74, 6) is 0. The highest BCUT2D eigenvalue weighted by Gasteiger charge is 2.12. The summed E-state index contributed by atoms with van der Waals surface area (Å²) < 4.78 is 22.1. The van der Waals surface area contributed by atoms with E-state index in [-0.39, 0.29) is 4.90 Å². The van der Waals surface area contributed by atoms with E-state index < -0.39 is 10.0 Å². The van der Waals surface area contributed by atoms with Crippen molar-refractivity contribution in [1.29, 1.82) is 0 Å². The summed E-state index contributed by atoms with van der Waals surface area (Å²) in [7, 11) is -3.62. The second-order valence-corrected chi connectivity index (χ2v) is 4.27. The minimum Gasteiger partial charge on any atom is -0.360 e. The molecule has 2 rings (SSSR count). The van der Waals surface area contributed by atoms with Crippen LogP contribution >= 0.6 is 0 Å². The summed E-state index contributed by atoms with van der Waals surface area (Å²) in [5, 5.41) is 5.65. The molecule has 1 aromatic heterocycles. The summed E-state index contributed by atoms with van der Waals surface area (Å²) in [4.78, 5) is 2.98. The van der Waals surface area contributed by atoms with Crippen molar-refractivity contribution >= 4 is 20.9 Å². The lowest BCUT2D eigenvalue weighted by atomic mass is 10.2. The van der Waals surface area contributed by atoms with Gasteiger partial charge in [0.15, 0.2) is 0 Å². The van der Waals surface area contributed by atoms with E-state index >= 15 is 0 Å². The summed E-state index contributed by atoms with van der Waals surface area (Å²) in [5.41, 5.74) is 0.770. The maximum Gasteiger partial charge on any atom is 0.240 e. The maximum absolute atomic E-state index is 11.1. The molecule has 0 spiro atoms. The second kappa shape index (κ2) is 2.58. The van der Waals surface area contributed by atoms with Crippen LogP contribution in [0.4, 0.5) is 0 Å². The van der Waals surface area contributed by atoms with Crippen LogP contribution in [-0.4, -0.2) is 13.4 Å². The van der Waals surface area contributed by atoms with Gasteiger partial charge in [-0.05, 0) is 6.07 Å². The number of sulfonamides is 1. The first-order valence-corrected chi connectivity index (χ1v) is 5.22. The Balaban J connectivity index is 2.87. The van der Waals surface area contributed by atoms with Gasteiger partial charge in [0.05, 0.1) is 0 Å². The number of benzene rings is 1. The van der Waals surface area contributed by atoms with Gasteiger partial charge in [0.2, 0.25) is 10.0 Å². The van der Waals surface area contributed by atoms with Crippen LogP contribution in [0.25, 0.3) is 10.9 Å². The van der Waals surface area contributed by atoms with Gasteiger partial charge in [-0.2, -0.15) is 0 Å². The molecule has 0 saturated heterocycles. The number of para-hydroxylation sites is 1. The Hall–Kier alpha value is -1.33. The Morgan fingerprint density at radius 2 is 1.92 bits per heavy atom. The molecule has 0 amide bonds. The largest absolute Gasteiger partial charge is 0.360 e. The van der Waals surface area contributed by atoms with Crippen LogP contribution in [0.5, 0.6) is 0 Å². The average Bonchev–Trinajstić information content (AvgIpc) is 2.45. The van der Waals surface area contributed by atoms with E-state index in [9.17, 15) is 8.42 Å². The highest BCUT2D eigenvalue weighted by atomic mass is 32.2. The molecule has 3 N–H and O–H groups in total. The first-order valence-electron chi connectivity index (χ1n) is 3.68. The smallest absolute Gasteiger partial charge is 0.240 e. The van der Waals surface area contributed by atoms with E-state index in [0.717, 1.165) is 5.52 Å². The van der Waals surface area contributed by atoms with Crippen LogP contribution in [0.2, 0.25) is 0 Å². The van der Waals surface area contributed by atoms with Crippen molar-refractivity contribution in [2.75, 3.05) is 0 Å². The number of aromatic nitrogens is 1. The lowest BCUT2D eigenvalue weighted by molar-refractivity contribution is 0.598. The predicted octanol–water partition coefficient (Wildman–Crippen LogP) is 0.815. The number of hydrogen-bond acceptors (Lipinski definition) is 2. The maximum atomic E-state index is 11.1. The number of primary sulfonamides is 1. The normalized spacial score (nSPS) is 12.1. The van der Waals surface area contributed by atoms with Crippen molar-refractivity contribution in [1.82, 2.24) is 4.98 Å². The highest BCUT2D eigenvalue weighted by Crippen LogP contribution is 2.20. The number of aromatic amines is 1. The quantitative estimate of drug-likeness (QED) is 0.708. The molecule has 0 radical (unpaired) electrons. The Morgan fingerprint density at radius 1 is 1.23 bits per heavy atom. The predicted molar refractivity (Wildman–Crippen MR) is 49.7 cm³/mol. The van der Waals surface area contributed by atoms with Crippen LogP contribution in [0.15, 0.2) is 35.4 Å². The first-order chi connectivity index (χ1) is 6.09. The fraction of sp³-hybridized carbons (Fsp3) is 0. The van der Waals surface area contributed by atoms with Crippen LogP contribution < -0.4 is 5.14 Å². The molecule has 2 aromatic rings. The van der Waals surface area contributed by atoms with E-state index in [2.05, 4.69) is 4.98 Å². The molecule has 1 aromatic carbocycles. The van der Waals surface area contributed by atoms with E-state index in [1.807, 2.05) is 6.07 Å². The van der Waals surface area contributed by atoms with E-state index in [1.54, 1.807) is 18.2 Å². The second-order valence-electron chi connectivity index (χ2n) is 2.74. The van der Waals surface area contributed by atoms with Gasteiger partial charge >= 0.3 is 0 Å². The van der Waals surface area contributed by atoms with Crippen molar-refractivity contribution in [2.45, 2.75) is 4.90 Å². The zero-order valence-corrected chi connectivity index (χ0v) is 7.51. The Labute approximate surface area is 75.4 Å². The van der Waals surface area contributed by atoms with Gasteiger partial charge in [0, 0.05) is 17.1 Å². The summed E-state index contributed by atoms with van der Waals surface area (Å²) in [6, 6.07) is 7.10. The van der Waals surface area contributed by atoms with E-state index in [1.165, 1.54) is 6.20 Å². The monoisotopic (exact) mass is 196 g/mol. The summed E-state index contributed by atoms with van der Waals surface area (Å²) in [6.07, 6.45) is 1.40. The molecule has 5 heteroatoms. The van der Waals surface area contributed by atoms with Gasteiger partial charge in [0.25, 0.3) is 0 Å². The van der Waals surface area contributed by atoms with Crippen molar-refractivity contribution in [3.8, 4) is 0 Å². The standard InChI is InChI=1S/C8H8N2O2S/c9-13(11,12)8-5-10-7-4-2-1-3-6(7)8/h1-5,10H,(H2,9,11,12). The molecule has 1 heterocycles. The van der Waals surface area contributed by atoms with Crippen molar-refractivity contribution in [2.24, 2.45) is 5.14 Å². The first kappa shape index (κ1) is 8.28. The molecule has 13 heavy (non-hydrogen) atoms. The minimum absolute atomic E-state index is 0.142. The number of nitrogens with one attached hydrogen (secondary N) is 1. The molecule has 0 fully saturated rings. The van der Waals surface area contributed by atoms with Crippen molar-refractivity contribution < 1.29 is 8.42 Å².